The van der Waals surface area contributed by atoms with Crippen LogP contribution >= 0.6 is 23.2 Å². The Morgan fingerprint density at radius 2 is 1.55 bits per heavy atom. The molecule has 1 spiro atoms. The highest BCUT2D eigenvalue weighted by Gasteiger charge is 2.69. The molecule has 2 heterocycles. The van der Waals surface area contributed by atoms with E-state index in [0.29, 0.717) is 45.6 Å². The van der Waals surface area contributed by atoms with E-state index in [1.54, 1.807) is 77.7 Å². The molecule has 0 aliphatic carbocycles. The zero-order chi connectivity index (χ0) is 23.2. The van der Waals surface area contributed by atoms with Crippen molar-refractivity contribution >= 4 is 40.6 Å². The lowest BCUT2D eigenvalue weighted by Gasteiger charge is -2.44. The van der Waals surface area contributed by atoms with Crippen molar-refractivity contribution in [1.29, 1.82) is 5.26 Å². The molecule has 0 aromatic heterocycles. The number of halogens is 2. The molecule has 2 aliphatic rings. The Morgan fingerprint density at radius 1 is 0.939 bits per heavy atom. The van der Waals surface area contributed by atoms with E-state index < -0.39 is 17.3 Å². The third kappa shape index (κ3) is 3.20. The molecule has 3 aromatic carbocycles. The first-order chi connectivity index (χ1) is 15.9. The Bertz CT molecular complexity index is 1250. The Morgan fingerprint density at radius 3 is 2.09 bits per heavy atom. The molecule has 2 amide bonds. The maximum atomic E-state index is 14.1. The van der Waals surface area contributed by atoms with Gasteiger partial charge in [-0.15, -0.1) is 0 Å². The third-order valence-electron chi connectivity index (χ3n) is 6.35. The monoisotopic (exact) mass is 479 g/mol. The number of urea groups is 1. The van der Waals surface area contributed by atoms with Gasteiger partial charge in [-0.3, -0.25) is 9.80 Å². The SMILES string of the molecule is N#Cc1cccc(C2(O)N(c3ccc(Cl)cc3)C(=O)N(c3ccc(Cl)cc3)C23CCOC3)c1. The Balaban J connectivity index is 1.80. The average Bonchev–Trinajstić information content (AvgIpc) is 3.39. The molecule has 2 fully saturated rings. The van der Waals surface area contributed by atoms with Crippen LogP contribution in [0.2, 0.25) is 10.0 Å². The number of benzene rings is 3. The lowest BCUT2D eigenvalue weighted by Crippen LogP contribution is -2.60. The number of rotatable bonds is 3. The van der Waals surface area contributed by atoms with Crippen molar-refractivity contribution in [2.45, 2.75) is 17.7 Å². The minimum atomic E-state index is -1.83. The van der Waals surface area contributed by atoms with Crippen LogP contribution in [0.3, 0.4) is 0 Å². The lowest BCUT2D eigenvalue weighted by atomic mass is 9.79. The average molecular weight is 480 g/mol. The molecule has 3 aromatic rings. The van der Waals surface area contributed by atoms with Crippen molar-refractivity contribution in [3.8, 4) is 6.07 Å². The molecule has 2 aliphatic heterocycles. The van der Waals surface area contributed by atoms with Gasteiger partial charge in [0.1, 0.15) is 5.54 Å². The number of carbonyl (C=O) groups is 1. The van der Waals surface area contributed by atoms with Crippen LogP contribution in [0.5, 0.6) is 0 Å². The zero-order valence-corrected chi connectivity index (χ0v) is 18.9. The molecule has 2 atom stereocenters. The summed E-state index contributed by atoms with van der Waals surface area (Å²) in [5.41, 5.74) is -1.12. The van der Waals surface area contributed by atoms with Crippen LogP contribution in [0.1, 0.15) is 17.5 Å². The largest absolute Gasteiger partial charge is 0.379 e. The molecule has 0 bridgehead atoms. The van der Waals surface area contributed by atoms with E-state index in [9.17, 15) is 15.2 Å². The van der Waals surface area contributed by atoms with Gasteiger partial charge in [0.15, 0.2) is 5.72 Å². The second kappa shape index (κ2) is 8.05. The van der Waals surface area contributed by atoms with E-state index in [1.807, 2.05) is 0 Å². The van der Waals surface area contributed by atoms with Crippen LogP contribution in [-0.4, -0.2) is 29.9 Å². The van der Waals surface area contributed by atoms with Crippen molar-refractivity contribution in [3.63, 3.8) is 0 Å². The quantitative estimate of drug-likeness (QED) is 0.551. The zero-order valence-electron chi connectivity index (χ0n) is 17.4. The normalized spacial score (nSPS) is 24.5. The second-order valence-corrected chi connectivity index (χ2v) is 8.98. The summed E-state index contributed by atoms with van der Waals surface area (Å²) in [6.45, 7) is 0.477. The summed E-state index contributed by atoms with van der Waals surface area (Å²) in [6.07, 6.45) is 0.388. The summed E-state index contributed by atoms with van der Waals surface area (Å²) in [4.78, 5) is 17.0. The minimum absolute atomic E-state index is 0.110. The maximum Gasteiger partial charge on any atom is 0.332 e. The van der Waals surface area contributed by atoms with Gasteiger partial charge in [-0.1, -0.05) is 35.3 Å². The molecular formula is C25H19Cl2N3O3. The van der Waals surface area contributed by atoms with Gasteiger partial charge in [0.05, 0.1) is 18.2 Å². The first kappa shape index (κ1) is 21.7. The molecule has 33 heavy (non-hydrogen) atoms. The number of carbonyl (C=O) groups excluding carboxylic acids is 1. The summed E-state index contributed by atoms with van der Waals surface area (Å²) < 4.78 is 5.79. The molecule has 2 saturated heterocycles. The molecular weight excluding hydrogens is 461 g/mol. The molecule has 166 valence electrons. The molecule has 6 nitrogen and oxygen atoms in total. The van der Waals surface area contributed by atoms with Gasteiger partial charge in [0.25, 0.3) is 0 Å². The number of anilines is 2. The van der Waals surface area contributed by atoms with Crippen LogP contribution in [0.25, 0.3) is 0 Å². The first-order valence-corrected chi connectivity index (χ1v) is 11.1. The van der Waals surface area contributed by atoms with E-state index in [1.165, 1.54) is 4.90 Å². The number of hydrogen-bond donors (Lipinski definition) is 1. The number of aliphatic hydroxyl groups is 1. The Kier molecular flexibility index (Phi) is 5.31. The number of ether oxygens (including phenoxy) is 1. The Hall–Kier alpha value is -3.08. The van der Waals surface area contributed by atoms with Gasteiger partial charge >= 0.3 is 6.03 Å². The molecule has 8 heteroatoms. The van der Waals surface area contributed by atoms with E-state index in [-0.39, 0.29) is 6.61 Å². The van der Waals surface area contributed by atoms with Gasteiger partial charge in [-0.05, 0) is 60.7 Å². The number of nitriles is 1. The molecule has 0 radical (unpaired) electrons. The summed E-state index contributed by atoms with van der Waals surface area (Å²) in [5.74, 6) is 0. The third-order valence-corrected chi connectivity index (χ3v) is 6.85. The number of amides is 2. The van der Waals surface area contributed by atoms with E-state index in [0.717, 1.165) is 0 Å². The van der Waals surface area contributed by atoms with Crippen LogP contribution < -0.4 is 9.80 Å². The van der Waals surface area contributed by atoms with Crippen molar-refractivity contribution in [1.82, 2.24) is 0 Å². The van der Waals surface area contributed by atoms with Crippen molar-refractivity contribution in [2.24, 2.45) is 0 Å². The fourth-order valence-corrected chi connectivity index (χ4v) is 5.08. The second-order valence-electron chi connectivity index (χ2n) is 8.11. The smallest absolute Gasteiger partial charge is 0.332 e. The van der Waals surface area contributed by atoms with E-state index in [2.05, 4.69) is 6.07 Å². The number of nitrogens with zero attached hydrogens (tertiary/aromatic N) is 3. The maximum absolute atomic E-state index is 14.1. The minimum Gasteiger partial charge on any atom is -0.379 e. The molecule has 5 rings (SSSR count). The van der Waals surface area contributed by atoms with E-state index in [4.69, 9.17) is 27.9 Å². The van der Waals surface area contributed by atoms with Crippen molar-refractivity contribution in [2.75, 3.05) is 23.0 Å². The van der Waals surface area contributed by atoms with Gasteiger partial charge in [-0.25, -0.2) is 4.79 Å². The molecule has 2 unspecified atom stereocenters. The summed E-state index contributed by atoms with van der Waals surface area (Å²) in [6, 6.07) is 22.0. The van der Waals surface area contributed by atoms with Crippen LogP contribution in [0.4, 0.5) is 16.2 Å². The van der Waals surface area contributed by atoms with Crippen LogP contribution in [0, 0.1) is 11.3 Å². The fraction of sp³-hybridized carbons (Fsp3) is 0.200. The van der Waals surface area contributed by atoms with Crippen molar-refractivity contribution in [3.05, 3.63) is 94.0 Å². The first-order valence-electron chi connectivity index (χ1n) is 10.4. The fourth-order valence-electron chi connectivity index (χ4n) is 4.83. The summed E-state index contributed by atoms with van der Waals surface area (Å²) in [5, 5.41) is 23.1. The molecule has 1 N–H and O–H groups in total. The highest BCUT2D eigenvalue weighted by molar-refractivity contribution is 6.31. The number of hydrogen-bond acceptors (Lipinski definition) is 4. The van der Waals surface area contributed by atoms with Gasteiger partial charge in [0.2, 0.25) is 0 Å². The van der Waals surface area contributed by atoms with E-state index >= 15 is 0 Å². The van der Waals surface area contributed by atoms with Gasteiger partial charge in [0, 0.05) is 40.0 Å². The standard InChI is InChI=1S/C25H19Cl2N3O3/c26-19-4-8-21(9-5-19)29-23(31)30(22-10-6-20(27)7-11-22)25(32,24(29)12-13-33-16-24)18-3-1-2-17(14-18)15-28/h1-11,14,32H,12-13,16H2. The van der Waals surface area contributed by atoms with Crippen LogP contribution in [0.15, 0.2) is 72.8 Å². The van der Waals surface area contributed by atoms with Crippen molar-refractivity contribution < 1.29 is 14.6 Å². The van der Waals surface area contributed by atoms with Crippen LogP contribution in [-0.2, 0) is 10.5 Å². The predicted octanol–water partition coefficient (Wildman–Crippen LogP) is 5.32. The predicted molar refractivity (Wildman–Crippen MR) is 126 cm³/mol. The van der Waals surface area contributed by atoms with Gasteiger partial charge in [-0.2, -0.15) is 5.26 Å². The lowest BCUT2D eigenvalue weighted by molar-refractivity contribution is -0.0212. The van der Waals surface area contributed by atoms with Gasteiger partial charge < -0.3 is 9.84 Å². The topological polar surface area (TPSA) is 76.8 Å². The summed E-state index contributed by atoms with van der Waals surface area (Å²) >= 11 is 12.2. The summed E-state index contributed by atoms with van der Waals surface area (Å²) in [7, 11) is 0. The highest BCUT2D eigenvalue weighted by Crippen LogP contribution is 2.54. The Labute approximate surface area is 201 Å². The molecule has 0 saturated carbocycles. The highest BCUT2D eigenvalue weighted by atomic mass is 35.5.